The smallest absolute Gasteiger partial charge is 0.262 e. The minimum Gasteiger partial charge on any atom is -0.507 e. The van der Waals surface area contributed by atoms with Crippen LogP contribution in [0.3, 0.4) is 0 Å². The Morgan fingerprint density at radius 1 is 0.857 bits per heavy atom. The van der Waals surface area contributed by atoms with E-state index in [1.165, 1.54) is 16.7 Å². The Morgan fingerprint density at radius 3 is 1.68 bits per heavy atom. The number of phenols is 1. The molecule has 0 radical (unpaired) electrons. The average Bonchev–Trinajstić information content (AvgIpc) is 2.83. The second-order valence-electron chi connectivity index (χ2n) is 9.22. The monoisotopic (exact) mass is 397 g/mol. The first kappa shape index (κ1) is 20.5. The first-order valence-electron chi connectivity index (χ1n) is 9.37. The van der Waals surface area contributed by atoms with Crippen LogP contribution in [0.4, 0.5) is 0 Å². The molecule has 5 heteroatoms. The third-order valence-corrected chi connectivity index (χ3v) is 5.89. The SMILES string of the molecule is CC(C)(C)c1cc(SCN2C(=O)c3ccccc3C2=O)cc(C(C)(C)C)c1O. The molecule has 4 nitrogen and oxygen atoms in total. The molecule has 0 aromatic heterocycles. The Morgan fingerprint density at radius 2 is 1.29 bits per heavy atom. The highest BCUT2D eigenvalue weighted by molar-refractivity contribution is 7.99. The van der Waals surface area contributed by atoms with Gasteiger partial charge in [-0.2, -0.15) is 0 Å². The van der Waals surface area contributed by atoms with Crippen LogP contribution in [0.5, 0.6) is 5.75 Å². The number of hydrogen-bond acceptors (Lipinski definition) is 4. The van der Waals surface area contributed by atoms with Crippen molar-refractivity contribution in [1.29, 1.82) is 0 Å². The summed E-state index contributed by atoms with van der Waals surface area (Å²) in [6.07, 6.45) is 0. The van der Waals surface area contributed by atoms with Crippen LogP contribution in [0, 0.1) is 0 Å². The van der Waals surface area contributed by atoms with Gasteiger partial charge in [0.05, 0.1) is 17.0 Å². The van der Waals surface area contributed by atoms with Gasteiger partial charge in [0, 0.05) is 16.0 Å². The molecule has 0 spiro atoms. The van der Waals surface area contributed by atoms with E-state index in [0.717, 1.165) is 16.0 Å². The molecule has 0 fully saturated rings. The van der Waals surface area contributed by atoms with Gasteiger partial charge in [0.2, 0.25) is 0 Å². The van der Waals surface area contributed by atoms with Crippen molar-refractivity contribution in [3.63, 3.8) is 0 Å². The summed E-state index contributed by atoms with van der Waals surface area (Å²) in [6.45, 7) is 12.4. The summed E-state index contributed by atoms with van der Waals surface area (Å²) < 4.78 is 0. The van der Waals surface area contributed by atoms with Crippen molar-refractivity contribution in [2.24, 2.45) is 0 Å². The number of amides is 2. The van der Waals surface area contributed by atoms with Gasteiger partial charge >= 0.3 is 0 Å². The topological polar surface area (TPSA) is 57.6 Å². The molecule has 0 saturated heterocycles. The molecule has 3 rings (SSSR count). The summed E-state index contributed by atoms with van der Waals surface area (Å²) in [6, 6.07) is 10.9. The molecule has 28 heavy (non-hydrogen) atoms. The lowest BCUT2D eigenvalue weighted by Crippen LogP contribution is -2.29. The molecular weight excluding hydrogens is 370 g/mol. The molecule has 1 heterocycles. The van der Waals surface area contributed by atoms with Crippen molar-refractivity contribution in [1.82, 2.24) is 4.90 Å². The molecule has 1 aliphatic rings. The van der Waals surface area contributed by atoms with Gasteiger partial charge in [0.25, 0.3) is 11.8 Å². The molecular formula is C23H27NO3S. The van der Waals surface area contributed by atoms with Crippen molar-refractivity contribution in [3.05, 3.63) is 58.7 Å². The molecule has 1 aliphatic heterocycles. The molecule has 0 unspecified atom stereocenters. The highest BCUT2D eigenvalue weighted by atomic mass is 32.2. The van der Waals surface area contributed by atoms with Crippen LogP contribution >= 0.6 is 11.8 Å². The van der Waals surface area contributed by atoms with Crippen LogP contribution in [0.2, 0.25) is 0 Å². The van der Waals surface area contributed by atoms with Crippen molar-refractivity contribution in [2.45, 2.75) is 57.3 Å². The van der Waals surface area contributed by atoms with Crippen LogP contribution in [-0.2, 0) is 10.8 Å². The summed E-state index contributed by atoms with van der Waals surface area (Å²) in [7, 11) is 0. The maximum atomic E-state index is 12.6. The summed E-state index contributed by atoms with van der Waals surface area (Å²) in [4.78, 5) is 27.4. The second kappa shape index (κ2) is 6.96. The standard InChI is InChI=1S/C23H27NO3S/c1-22(2,3)17-11-14(12-18(19(17)25)23(4,5)6)28-13-24-20(26)15-9-7-8-10-16(15)21(24)27/h7-12,25H,13H2,1-6H3. The van der Waals surface area contributed by atoms with E-state index in [0.29, 0.717) is 16.9 Å². The van der Waals surface area contributed by atoms with Crippen molar-refractivity contribution in [2.75, 3.05) is 5.88 Å². The molecule has 2 aromatic rings. The van der Waals surface area contributed by atoms with E-state index in [1.54, 1.807) is 24.3 Å². The Balaban J connectivity index is 1.91. The summed E-state index contributed by atoms with van der Waals surface area (Å²) in [5, 5.41) is 10.8. The summed E-state index contributed by atoms with van der Waals surface area (Å²) in [5.41, 5.74) is 2.20. The average molecular weight is 398 g/mol. The van der Waals surface area contributed by atoms with E-state index < -0.39 is 0 Å². The van der Waals surface area contributed by atoms with Gasteiger partial charge in [-0.25, -0.2) is 0 Å². The Kier molecular flexibility index (Phi) is 5.09. The minimum atomic E-state index is -0.251. The van der Waals surface area contributed by atoms with E-state index in [-0.39, 0.29) is 28.5 Å². The van der Waals surface area contributed by atoms with Crippen LogP contribution in [0.25, 0.3) is 0 Å². The highest BCUT2D eigenvalue weighted by Crippen LogP contribution is 2.42. The van der Waals surface area contributed by atoms with E-state index in [4.69, 9.17) is 0 Å². The largest absolute Gasteiger partial charge is 0.507 e. The number of hydrogen-bond donors (Lipinski definition) is 1. The maximum Gasteiger partial charge on any atom is 0.262 e. The zero-order valence-corrected chi connectivity index (χ0v) is 18.1. The minimum absolute atomic E-state index is 0.226. The molecule has 2 aromatic carbocycles. The third-order valence-electron chi connectivity index (χ3n) is 4.94. The highest BCUT2D eigenvalue weighted by Gasteiger charge is 2.35. The van der Waals surface area contributed by atoms with E-state index >= 15 is 0 Å². The lowest BCUT2D eigenvalue weighted by Gasteiger charge is -2.28. The fourth-order valence-electron chi connectivity index (χ4n) is 3.33. The maximum absolute atomic E-state index is 12.6. The number of thioether (sulfide) groups is 1. The molecule has 148 valence electrons. The zero-order valence-electron chi connectivity index (χ0n) is 17.3. The molecule has 0 atom stereocenters. The van der Waals surface area contributed by atoms with Gasteiger partial charge < -0.3 is 5.11 Å². The number of phenolic OH excluding ortho intramolecular Hbond substituents is 1. The lowest BCUT2D eigenvalue weighted by atomic mass is 9.79. The molecule has 0 aliphatic carbocycles. The Labute approximate surface area is 170 Å². The van der Waals surface area contributed by atoms with Crippen molar-refractivity contribution < 1.29 is 14.7 Å². The Hall–Kier alpha value is -2.27. The lowest BCUT2D eigenvalue weighted by molar-refractivity contribution is 0.0684. The first-order chi connectivity index (χ1) is 12.9. The number of carbonyl (C=O) groups excluding carboxylic acids is 2. The van der Waals surface area contributed by atoms with Gasteiger partial charge in [-0.05, 0) is 35.1 Å². The van der Waals surface area contributed by atoms with Gasteiger partial charge in [-0.15, -0.1) is 11.8 Å². The summed E-state index contributed by atoms with van der Waals surface area (Å²) >= 11 is 1.44. The summed E-state index contributed by atoms with van der Waals surface area (Å²) in [5.74, 6) is 0.0626. The number of aromatic hydroxyl groups is 1. The first-order valence-corrected chi connectivity index (χ1v) is 10.4. The fraction of sp³-hybridized carbons (Fsp3) is 0.391. The number of carbonyl (C=O) groups is 2. The van der Waals surface area contributed by atoms with Crippen molar-refractivity contribution in [3.8, 4) is 5.75 Å². The van der Waals surface area contributed by atoms with Gasteiger partial charge in [0.1, 0.15) is 5.75 Å². The van der Waals surface area contributed by atoms with Gasteiger partial charge in [-0.1, -0.05) is 53.7 Å². The predicted octanol–water partition coefficient (Wildman–Crippen LogP) is 5.33. The third kappa shape index (κ3) is 3.68. The Bertz CT molecular complexity index is 881. The normalized spacial score (nSPS) is 14.6. The molecule has 0 saturated carbocycles. The molecule has 0 bridgehead atoms. The zero-order chi connectivity index (χ0) is 20.9. The number of imide groups is 1. The van der Waals surface area contributed by atoms with E-state index in [2.05, 4.69) is 41.5 Å². The quantitative estimate of drug-likeness (QED) is 0.561. The fourth-order valence-corrected chi connectivity index (χ4v) is 4.25. The van der Waals surface area contributed by atoms with E-state index in [1.807, 2.05) is 12.1 Å². The van der Waals surface area contributed by atoms with Crippen LogP contribution < -0.4 is 0 Å². The van der Waals surface area contributed by atoms with Crippen LogP contribution in [0.1, 0.15) is 73.4 Å². The van der Waals surface area contributed by atoms with E-state index in [9.17, 15) is 14.7 Å². The number of fused-ring (bicyclic) bond motifs is 1. The number of benzene rings is 2. The molecule has 2 amide bonds. The van der Waals surface area contributed by atoms with Gasteiger partial charge in [-0.3, -0.25) is 14.5 Å². The second-order valence-corrected chi connectivity index (χ2v) is 10.2. The van der Waals surface area contributed by atoms with Gasteiger partial charge in [0.15, 0.2) is 0 Å². The number of rotatable bonds is 3. The van der Waals surface area contributed by atoms with Crippen LogP contribution in [0.15, 0.2) is 41.3 Å². The van der Waals surface area contributed by atoms with Crippen LogP contribution in [-0.4, -0.2) is 27.7 Å². The van der Waals surface area contributed by atoms with Crippen molar-refractivity contribution >= 4 is 23.6 Å². The molecule has 1 N–H and O–H groups in total. The predicted molar refractivity (Wildman–Crippen MR) is 113 cm³/mol. The number of nitrogens with zero attached hydrogens (tertiary/aromatic N) is 1.